The van der Waals surface area contributed by atoms with E-state index in [1.165, 1.54) is 6.07 Å². The zero-order valence-electron chi connectivity index (χ0n) is 18.6. The number of primary amides is 1. The van der Waals surface area contributed by atoms with Gasteiger partial charge in [-0.3, -0.25) is 14.4 Å². The molecule has 7 N–H and O–H groups in total. The standard InChI is InChI=1S/C26H23NO8/c1-10-16-12(11-5-3-2-4-6-11)7-8-14(28)18(16)22(31)20-17(10)21(30)13-9-15(29)19(25(27)34)23(32)26(13,35)24(20)33/h2-8,10,13,17,21,28-30,33,35H,9H2,1H3,(H2,27,34)/t10-,13+,17+,21+,26+/m0/s1. The number of benzene rings is 2. The SMILES string of the molecule is C[C@H]1c2c(-c3ccccc3)ccc(O)c2C(=O)C2=C(O)[C@]3(O)C(=O)C(C(N)=O)=C(O)C[C@@H]3[C@@H](O)[C@@H]21. The summed E-state index contributed by atoms with van der Waals surface area (Å²) in [6.07, 6.45) is -2.08. The van der Waals surface area contributed by atoms with Crippen molar-refractivity contribution in [3.05, 3.63) is 76.3 Å². The summed E-state index contributed by atoms with van der Waals surface area (Å²) in [6.45, 7) is 1.71. The molecule has 9 heteroatoms. The van der Waals surface area contributed by atoms with Crippen molar-refractivity contribution >= 4 is 17.5 Å². The molecule has 0 aromatic heterocycles. The van der Waals surface area contributed by atoms with E-state index in [-0.39, 0.29) is 11.3 Å². The number of aliphatic hydroxyl groups excluding tert-OH is 3. The van der Waals surface area contributed by atoms with E-state index in [1.807, 2.05) is 30.3 Å². The van der Waals surface area contributed by atoms with E-state index in [1.54, 1.807) is 13.0 Å². The van der Waals surface area contributed by atoms with E-state index in [9.17, 15) is 39.9 Å². The third-order valence-corrected chi connectivity index (χ3v) is 7.56. The fourth-order valence-electron chi connectivity index (χ4n) is 5.95. The van der Waals surface area contributed by atoms with Crippen LogP contribution in [0, 0.1) is 11.8 Å². The van der Waals surface area contributed by atoms with Crippen molar-refractivity contribution in [2.45, 2.75) is 31.0 Å². The van der Waals surface area contributed by atoms with Crippen molar-refractivity contribution in [1.82, 2.24) is 0 Å². The minimum atomic E-state index is -2.85. The maximum Gasteiger partial charge on any atom is 0.255 e. The number of aliphatic hydroxyl groups is 4. The fraction of sp³-hybridized carbons (Fsp3) is 0.269. The average Bonchev–Trinajstić information content (AvgIpc) is 2.82. The van der Waals surface area contributed by atoms with Gasteiger partial charge in [0.25, 0.3) is 5.91 Å². The van der Waals surface area contributed by atoms with Gasteiger partial charge in [-0.2, -0.15) is 0 Å². The summed E-state index contributed by atoms with van der Waals surface area (Å²) in [5.74, 6) is -8.80. The van der Waals surface area contributed by atoms with Gasteiger partial charge in [-0.1, -0.05) is 43.3 Å². The van der Waals surface area contributed by atoms with Crippen LogP contribution in [0.5, 0.6) is 5.75 Å². The zero-order chi connectivity index (χ0) is 25.4. The van der Waals surface area contributed by atoms with E-state index in [0.717, 1.165) is 5.56 Å². The molecule has 3 aliphatic carbocycles. The molecule has 0 unspecified atom stereocenters. The van der Waals surface area contributed by atoms with E-state index in [2.05, 4.69) is 0 Å². The Morgan fingerprint density at radius 3 is 2.34 bits per heavy atom. The Labute approximate surface area is 199 Å². The van der Waals surface area contributed by atoms with E-state index in [0.29, 0.717) is 11.1 Å². The van der Waals surface area contributed by atoms with Crippen molar-refractivity contribution in [3.63, 3.8) is 0 Å². The largest absolute Gasteiger partial charge is 0.511 e. The van der Waals surface area contributed by atoms with Crippen LogP contribution in [-0.2, 0) is 9.59 Å². The van der Waals surface area contributed by atoms with Gasteiger partial charge in [0.1, 0.15) is 22.8 Å². The number of ketones is 2. The average molecular weight is 477 g/mol. The normalized spacial score (nSPS) is 30.0. The Hall–Kier alpha value is -3.95. The van der Waals surface area contributed by atoms with Gasteiger partial charge in [-0.25, -0.2) is 0 Å². The molecule has 5 rings (SSSR count). The monoisotopic (exact) mass is 477 g/mol. The second-order valence-electron chi connectivity index (χ2n) is 9.28. The molecule has 2 aromatic rings. The van der Waals surface area contributed by atoms with Crippen LogP contribution in [-0.4, -0.2) is 54.7 Å². The summed E-state index contributed by atoms with van der Waals surface area (Å²) in [7, 11) is 0. The summed E-state index contributed by atoms with van der Waals surface area (Å²) < 4.78 is 0. The van der Waals surface area contributed by atoms with Crippen LogP contribution >= 0.6 is 0 Å². The van der Waals surface area contributed by atoms with Crippen LogP contribution in [0.25, 0.3) is 11.1 Å². The predicted molar refractivity (Wildman–Crippen MR) is 122 cm³/mol. The molecule has 0 saturated heterocycles. The highest BCUT2D eigenvalue weighted by atomic mass is 16.4. The van der Waals surface area contributed by atoms with Gasteiger partial charge < -0.3 is 31.3 Å². The molecule has 2 aromatic carbocycles. The van der Waals surface area contributed by atoms with Crippen LogP contribution in [0.15, 0.2) is 65.1 Å². The second kappa shape index (κ2) is 7.53. The fourth-order valence-corrected chi connectivity index (χ4v) is 5.95. The first-order valence-electron chi connectivity index (χ1n) is 11.1. The first-order chi connectivity index (χ1) is 16.5. The van der Waals surface area contributed by atoms with Gasteiger partial charge in [-0.05, 0) is 28.7 Å². The molecular formula is C26H23NO8. The number of hydrogen-bond donors (Lipinski definition) is 6. The molecule has 0 fully saturated rings. The smallest absolute Gasteiger partial charge is 0.255 e. The summed E-state index contributed by atoms with van der Waals surface area (Å²) in [4.78, 5) is 38.5. The minimum absolute atomic E-state index is 0.109. The van der Waals surface area contributed by atoms with E-state index in [4.69, 9.17) is 5.73 Å². The van der Waals surface area contributed by atoms with Gasteiger partial charge in [-0.15, -0.1) is 0 Å². The highest BCUT2D eigenvalue weighted by molar-refractivity contribution is 6.24. The quantitative estimate of drug-likeness (QED) is 0.354. The molecule has 3 aliphatic rings. The number of allylic oxidation sites excluding steroid dienone is 1. The van der Waals surface area contributed by atoms with Crippen molar-refractivity contribution < 1.29 is 39.9 Å². The molecule has 0 aliphatic heterocycles. The summed E-state index contributed by atoms with van der Waals surface area (Å²) in [5, 5.41) is 54.8. The molecular weight excluding hydrogens is 454 g/mol. The van der Waals surface area contributed by atoms with E-state index >= 15 is 0 Å². The Morgan fingerprint density at radius 2 is 1.71 bits per heavy atom. The number of hydrogen-bond acceptors (Lipinski definition) is 8. The number of phenolic OH excluding ortho intramolecular Hbond substituents is 1. The number of carbonyl (C=O) groups is 3. The number of amides is 1. The van der Waals surface area contributed by atoms with Crippen molar-refractivity contribution in [3.8, 4) is 16.9 Å². The topological polar surface area (TPSA) is 178 Å². The zero-order valence-corrected chi connectivity index (χ0v) is 18.6. The Balaban J connectivity index is 1.78. The lowest BCUT2D eigenvalue weighted by molar-refractivity contribution is -0.154. The lowest BCUT2D eigenvalue weighted by Gasteiger charge is -2.50. The molecule has 5 atom stereocenters. The molecule has 0 bridgehead atoms. The number of phenols is 1. The van der Waals surface area contributed by atoms with Crippen molar-refractivity contribution in [2.75, 3.05) is 0 Å². The van der Waals surface area contributed by atoms with Gasteiger partial charge in [0.2, 0.25) is 5.78 Å². The minimum Gasteiger partial charge on any atom is -0.511 e. The predicted octanol–water partition coefficient (Wildman–Crippen LogP) is 1.78. The van der Waals surface area contributed by atoms with Gasteiger partial charge in [0, 0.05) is 23.8 Å². The molecule has 1 amide bonds. The Bertz CT molecular complexity index is 1380. The van der Waals surface area contributed by atoms with Crippen LogP contribution in [0.2, 0.25) is 0 Å². The van der Waals surface area contributed by atoms with Gasteiger partial charge in [0.15, 0.2) is 11.4 Å². The van der Waals surface area contributed by atoms with Crippen molar-refractivity contribution in [1.29, 1.82) is 0 Å². The highest BCUT2D eigenvalue weighted by Crippen LogP contribution is 2.56. The first-order valence-corrected chi connectivity index (χ1v) is 11.1. The van der Waals surface area contributed by atoms with Gasteiger partial charge in [0.05, 0.1) is 11.7 Å². The molecule has 0 spiro atoms. The molecule has 0 saturated carbocycles. The van der Waals surface area contributed by atoms with Crippen LogP contribution < -0.4 is 5.73 Å². The Morgan fingerprint density at radius 1 is 1.06 bits per heavy atom. The third-order valence-electron chi connectivity index (χ3n) is 7.56. The van der Waals surface area contributed by atoms with Crippen LogP contribution in [0.3, 0.4) is 0 Å². The molecule has 35 heavy (non-hydrogen) atoms. The van der Waals surface area contributed by atoms with Crippen molar-refractivity contribution in [2.24, 2.45) is 17.6 Å². The molecule has 9 nitrogen and oxygen atoms in total. The second-order valence-corrected chi connectivity index (χ2v) is 9.28. The molecule has 180 valence electrons. The molecule has 0 radical (unpaired) electrons. The lowest BCUT2D eigenvalue weighted by atomic mass is 9.56. The maximum atomic E-state index is 13.7. The summed E-state index contributed by atoms with van der Waals surface area (Å²) >= 11 is 0. The van der Waals surface area contributed by atoms with Crippen LogP contribution in [0.1, 0.15) is 35.2 Å². The van der Waals surface area contributed by atoms with Gasteiger partial charge >= 0.3 is 0 Å². The highest BCUT2D eigenvalue weighted by Gasteiger charge is 2.64. The number of carbonyl (C=O) groups excluding carboxylic acids is 3. The lowest BCUT2D eigenvalue weighted by Crippen LogP contribution is -2.62. The molecule has 0 heterocycles. The number of Topliss-reactive ketones (excluding diaryl/α,β-unsaturated/α-hetero) is 2. The number of nitrogens with two attached hydrogens (primary N) is 1. The number of rotatable bonds is 2. The number of fused-ring (bicyclic) bond motifs is 3. The maximum absolute atomic E-state index is 13.7. The third kappa shape index (κ3) is 2.85. The first kappa shape index (κ1) is 22.8. The van der Waals surface area contributed by atoms with E-state index < -0.39 is 76.0 Å². The Kier molecular flexibility index (Phi) is 4.91. The number of aromatic hydroxyl groups is 1. The van der Waals surface area contributed by atoms with Crippen LogP contribution in [0.4, 0.5) is 0 Å². The summed E-state index contributed by atoms with van der Waals surface area (Å²) in [6, 6.07) is 12.1. The summed E-state index contributed by atoms with van der Waals surface area (Å²) in [5.41, 5.74) is 2.78.